The second-order valence-corrected chi connectivity index (χ2v) is 5.95. The zero-order chi connectivity index (χ0) is 18.5. The molecule has 0 unspecified atom stereocenters. The molecule has 0 saturated carbocycles. The number of aromatic nitrogens is 6. The van der Waals surface area contributed by atoms with E-state index in [4.69, 9.17) is 0 Å². The number of hydrogen-bond donors (Lipinski definition) is 3. The molecule has 0 spiro atoms. The lowest BCUT2D eigenvalue weighted by atomic mass is 10.1. The summed E-state index contributed by atoms with van der Waals surface area (Å²) in [6.45, 7) is 0. The molecule has 134 valence electrons. The highest BCUT2D eigenvalue weighted by Gasteiger charge is 2.13. The van der Waals surface area contributed by atoms with Crippen LogP contribution in [0.3, 0.4) is 0 Å². The van der Waals surface area contributed by atoms with Gasteiger partial charge in [-0.05, 0) is 30.2 Å². The maximum absolute atomic E-state index is 12.4. The molecule has 8 heteroatoms. The van der Waals surface area contributed by atoms with Crippen LogP contribution < -0.4 is 5.32 Å². The number of hydrogen-bond acceptors (Lipinski definition) is 5. The number of benzene rings is 1. The first kappa shape index (κ1) is 16.6. The Bertz CT molecular complexity index is 1020. The molecule has 1 aromatic carbocycles. The van der Waals surface area contributed by atoms with Gasteiger partial charge in [0.15, 0.2) is 0 Å². The van der Waals surface area contributed by atoms with E-state index in [1.807, 2.05) is 30.3 Å². The van der Waals surface area contributed by atoms with Crippen molar-refractivity contribution in [3.63, 3.8) is 0 Å². The average Bonchev–Trinajstić information content (AvgIpc) is 3.38. The summed E-state index contributed by atoms with van der Waals surface area (Å²) in [6.07, 6.45) is 4.91. The third-order valence-corrected chi connectivity index (χ3v) is 4.05. The van der Waals surface area contributed by atoms with E-state index in [0.29, 0.717) is 17.8 Å². The number of carbonyl (C=O) groups excluding carboxylic acids is 1. The van der Waals surface area contributed by atoms with Gasteiger partial charge in [0.05, 0.1) is 5.69 Å². The fraction of sp³-hybridized carbons (Fsp3) is 0.105. The van der Waals surface area contributed by atoms with Crippen molar-refractivity contribution in [1.82, 2.24) is 30.4 Å². The Labute approximate surface area is 155 Å². The van der Waals surface area contributed by atoms with Crippen molar-refractivity contribution >= 4 is 11.9 Å². The highest BCUT2D eigenvalue weighted by atomic mass is 16.2. The predicted molar refractivity (Wildman–Crippen MR) is 100 cm³/mol. The summed E-state index contributed by atoms with van der Waals surface area (Å²) < 4.78 is 0. The number of aromatic amines is 2. The molecule has 1 amide bonds. The van der Waals surface area contributed by atoms with Crippen molar-refractivity contribution in [2.45, 2.75) is 12.8 Å². The second-order valence-electron chi connectivity index (χ2n) is 5.95. The third kappa shape index (κ3) is 4.06. The number of carbonyl (C=O) groups is 1. The minimum Gasteiger partial charge on any atom is -0.288 e. The standard InChI is InChI=1S/C19H17N7O/c27-18(16-12-15(23-24-16)14-8-10-20-11-9-14)22-19-21-17(25-26-19)7-6-13-4-2-1-3-5-13/h1-5,8-12H,6-7H2,(H,23,24)(H2,21,22,25,26,27). The van der Waals surface area contributed by atoms with Crippen LogP contribution in [0, 0.1) is 0 Å². The van der Waals surface area contributed by atoms with Crippen LogP contribution in [0.4, 0.5) is 5.95 Å². The van der Waals surface area contributed by atoms with Crippen molar-refractivity contribution in [3.8, 4) is 11.3 Å². The lowest BCUT2D eigenvalue weighted by molar-refractivity contribution is 0.102. The zero-order valence-electron chi connectivity index (χ0n) is 14.4. The molecule has 0 atom stereocenters. The van der Waals surface area contributed by atoms with Crippen LogP contribution in [-0.4, -0.2) is 36.3 Å². The van der Waals surface area contributed by atoms with Crippen LogP contribution in [0.15, 0.2) is 60.9 Å². The molecule has 0 aliphatic heterocycles. The minimum atomic E-state index is -0.351. The van der Waals surface area contributed by atoms with Gasteiger partial charge >= 0.3 is 0 Å². The Balaban J connectivity index is 1.37. The monoisotopic (exact) mass is 359 g/mol. The highest BCUT2D eigenvalue weighted by molar-refractivity contribution is 6.02. The third-order valence-electron chi connectivity index (χ3n) is 4.05. The summed E-state index contributed by atoms with van der Waals surface area (Å²) in [5, 5.41) is 16.5. The molecular formula is C19H17N7O. The predicted octanol–water partition coefficient (Wildman–Crippen LogP) is 2.63. The first-order chi connectivity index (χ1) is 13.3. The van der Waals surface area contributed by atoms with E-state index < -0.39 is 0 Å². The quantitative estimate of drug-likeness (QED) is 0.490. The van der Waals surface area contributed by atoms with Gasteiger partial charge in [-0.25, -0.2) is 0 Å². The van der Waals surface area contributed by atoms with Crippen LogP contribution >= 0.6 is 0 Å². The van der Waals surface area contributed by atoms with Crippen molar-refractivity contribution < 1.29 is 4.79 Å². The smallest absolute Gasteiger partial charge is 0.276 e. The largest absolute Gasteiger partial charge is 0.288 e. The summed E-state index contributed by atoms with van der Waals surface area (Å²) in [5.74, 6) is 0.607. The van der Waals surface area contributed by atoms with Crippen molar-refractivity contribution in [2.75, 3.05) is 5.32 Å². The van der Waals surface area contributed by atoms with E-state index in [-0.39, 0.29) is 11.9 Å². The lowest BCUT2D eigenvalue weighted by Gasteiger charge is -1.98. The van der Waals surface area contributed by atoms with Gasteiger partial charge in [-0.2, -0.15) is 10.1 Å². The van der Waals surface area contributed by atoms with E-state index in [9.17, 15) is 4.79 Å². The van der Waals surface area contributed by atoms with E-state index in [2.05, 4.69) is 47.8 Å². The molecule has 27 heavy (non-hydrogen) atoms. The van der Waals surface area contributed by atoms with E-state index in [1.54, 1.807) is 18.5 Å². The maximum atomic E-state index is 12.4. The molecule has 0 aliphatic rings. The molecule has 0 radical (unpaired) electrons. The molecule has 4 aromatic rings. The van der Waals surface area contributed by atoms with Crippen LogP contribution in [0.25, 0.3) is 11.3 Å². The molecule has 3 heterocycles. The number of nitrogens with zero attached hydrogens (tertiary/aromatic N) is 4. The molecule has 4 rings (SSSR count). The molecule has 0 bridgehead atoms. The number of H-pyrrole nitrogens is 2. The Morgan fingerprint density at radius 1 is 0.963 bits per heavy atom. The maximum Gasteiger partial charge on any atom is 0.276 e. The zero-order valence-corrected chi connectivity index (χ0v) is 14.4. The number of pyridine rings is 1. The summed E-state index contributed by atoms with van der Waals surface area (Å²) in [5.41, 5.74) is 3.10. The van der Waals surface area contributed by atoms with Gasteiger partial charge in [-0.3, -0.25) is 25.3 Å². The molecule has 3 aromatic heterocycles. The normalized spacial score (nSPS) is 10.7. The van der Waals surface area contributed by atoms with Crippen molar-refractivity contribution in [2.24, 2.45) is 0 Å². The Hall–Kier alpha value is -3.81. The first-order valence-corrected chi connectivity index (χ1v) is 8.50. The van der Waals surface area contributed by atoms with Gasteiger partial charge in [-0.1, -0.05) is 30.3 Å². The number of nitrogens with one attached hydrogen (secondary N) is 3. The second kappa shape index (κ2) is 7.61. The number of anilines is 1. The van der Waals surface area contributed by atoms with Crippen LogP contribution in [0.1, 0.15) is 21.9 Å². The molecule has 3 N–H and O–H groups in total. The number of rotatable bonds is 6. The topological polar surface area (TPSA) is 112 Å². The SMILES string of the molecule is O=C(Nc1n[nH]c(CCc2ccccc2)n1)c1cc(-c2ccncc2)n[nH]1. The van der Waals surface area contributed by atoms with Crippen molar-refractivity contribution in [1.29, 1.82) is 0 Å². The molecule has 0 fully saturated rings. The minimum absolute atomic E-state index is 0.239. The van der Waals surface area contributed by atoms with Gasteiger partial charge in [0.2, 0.25) is 5.95 Å². The fourth-order valence-corrected chi connectivity index (χ4v) is 2.65. The van der Waals surface area contributed by atoms with Crippen LogP contribution in [0.5, 0.6) is 0 Å². The van der Waals surface area contributed by atoms with E-state index in [1.165, 1.54) is 5.56 Å². The van der Waals surface area contributed by atoms with Crippen molar-refractivity contribution in [3.05, 3.63) is 78.0 Å². The molecule has 0 aliphatic carbocycles. The van der Waals surface area contributed by atoms with Gasteiger partial charge in [0, 0.05) is 24.4 Å². The molecule has 8 nitrogen and oxygen atoms in total. The first-order valence-electron chi connectivity index (χ1n) is 8.50. The number of aryl methyl sites for hydroxylation is 2. The van der Waals surface area contributed by atoms with Crippen LogP contribution in [-0.2, 0) is 12.8 Å². The fourth-order valence-electron chi connectivity index (χ4n) is 2.65. The van der Waals surface area contributed by atoms with Gasteiger partial charge in [-0.15, -0.1) is 5.10 Å². The molecule has 0 saturated heterocycles. The summed E-state index contributed by atoms with van der Waals surface area (Å²) in [4.78, 5) is 20.6. The molecular weight excluding hydrogens is 342 g/mol. The van der Waals surface area contributed by atoms with Gasteiger partial charge in [0.1, 0.15) is 11.5 Å². The Morgan fingerprint density at radius 2 is 1.78 bits per heavy atom. The van der Waals surface area contributed by atoms with Gasteiger partial charge in [0.25, 0.3) is 5.91 Å². The highest BCUT2D eigenvalue weighted by Crippen LogP contribution is 2.16. The lowest BCUT2D eigenvalue weighted by Crippen LogP contribution is -2.13. The van der Waals surface area contributed by atoms with Crippen LogP contribution in [0.2, 0.25) is 0 Å². The van der Waals surface area contributed by atoms with E-state index >= 15 is 0 Å². The Morgan fingerprint density at radius 3 is 2.59 bits per heavy atom. The van der Waals surface area contributed by atoms with E-state index in [0.717, 1.165) is 17.8 Å². The number of amides is 1. The summed E-state index contributed by atoms with van der Waals surface area (Å²) in [6, 6.07) is 15.5. The van der Waals surface area contributed by atoms with Gasteiger partial charge < -0.3 is 0 Å². The average molecular weight is 359 g/mol. The summed E-state index contributed by atoms with van der Waals surface area (Å²) >= 11 is 0. The Kier molecular flexibility index (Phi) is 4.69. The summed E-state index contributed by atoms with van der Waals surface area (Å²) in [7, 11) is 0.